The maximum atomic E-state index is 13.8. The van der Waals surface area contributed by atoms with Crippen LogP contribution in [0.25, 0.3) is 11.4 Å². The number of aryl methyl sites for hydroxylation is 3. The van der Waals surface area contributed by atoms with E-state index in [4.69, 9.17) is 0 Å². The van der Waals surface area contributed by atoms with Gasteiger partial charge in [-0.15, -0.1) is 0 Å². The highest BCUT2D eigenvalue weighted by Gasteiger charge is 2.30. The quantitative estimate of drug-likeness (QED) is 0.405. The van der Waals surface area contributed by atoms with Crippen LogP contribution in [0, 0.1) is 20.8 Å². The molecule has 0 spiro atoms. The number of H-pyrrole nitrogens is 2. The molecule has 0 radical (unpaired) electrons. The number of nitrogens with zero attached hydrogens (tertiary/aromatic N) is 2. The Kier molecular flexibility index (Phi) is 5.42. The maximum Gasteiger partial charge on any atom is 0.275 e. The fraction of sp³-hybridized carbons (Fsp3) is 0.143. The molecule has 6 nitrogen and oxygen atoms in total. The normalized spacial score (nSPS) is 11.3. The van der Waals surface area contributed by atoms with Gasteiger partial charge in [-0.05, 0) is 50.6 Å². The van der Waals surface area contributed by atoms with Crippen LogP contribution in [0.5, 0.6) is 0 Å². The lowest BCUT2D eigenvalue weighted by molar-refractivity contribution is 0.830. The fourth-order valence-electron chi connectivity index (χ4n) is 4.64. The highest BCUT2D eigenvalue weighted by Crippen LogP contribution is 2.32. The zero-order valence-electron chi connectivity index (χ0n) is 19.4. The first-order valence-corrected chi connectivity index (χ1v) is 11.3. The zero-order chi connectivity index (χ0) is 23.8. The van der Waals surface area contributed by atoms with Gasteiger partial charge in [0, 0.05) is 17.3 Å². The predicted molar refractivity (Wildman–Crippen MR) is 134 cm³/mol. The third kappa shape index (κ3) is 3.63. The minimum absolute atomic E-state index is 0.165. The molecule has 0 saturated heterocycles. The Balaban J connectivity index is 1.78. The van der Waals surface area contributed by atoms with Crippen molar-refractivity contribution < 1.29 is 0 Å². The van der Waals surface area contributed by atoms with Gasteiger partial charge in [-0.2, -0.15) is 0 Å². The molecule has 0 fully saturated rings. The van der Waals surface area contributed by atoms with Crippen LogP contribution in [0.4, 0.5) is 0 Å². The molecule has 2 N–H and O–H groups in total. The molecule has 6 heteroatoms. The van der Waals surface area contributed by atoms with E-state index in [0.29, 0.717) is 11.1 Å². The Morgan fingerprint density at radius 3 is 1.53 bits per heavy atom. The van der Waals surface area contributed by atoms with Crippen LogP contribution >= 0.6 is 0 Å². The van der Waals surface area contributed by atoms with Crippen LogP contribution in [-0.4, -0.2) is 19.6 Å². The highest BCUT2D eigenvalue weighted by atomic mass is 16.1. The van der Waals surface area contributed by atoms with Gasteiger partial charge < -0.3 is 0 Å². The Bertz CT molecular complexity index is 1470. The molecule has 5 rings (SSSR count). The molecule has 5 aromatic rings. The summed E-state index contributed by atoms with van der Waals surface area (Å²) >= 11 is 0. The second-order valence-corrected chi connectivity index (χ2v) is 8.60. The van der Waals surface area contributed by atoms with Crippen LogP contribution in [-0.2, 0) is 0 Å². The summed E-state index contributed by atoms with van der Waals surface area (Å²) < 4.78 is 3.09. The van der Waals surface area contributed by atoms with Gasteiger partial charge in [0.05, 0.1) is 22.5 Å². The second-order valence-electron chi connectivity index (χ2n) is 8.60. The molecule has 170 valence electrons. The third-order valence-corrected chi connectivity index (χ3v) is 6.22. The van der Waals surface area contributed by atoms with Gasteiger partial charge in [0.1, 0.15) is 0 Å². The molecule has 34 heavy (non-hydrogen) atoms. The molecule has 0 aliphatic rings. The molecular formula is C28H26N4O2. The fourth-order valence-corrected chi connectivity index (χ4v) is 4.64. The molecule has 0 atom stereocenters. The Hall–Kier alpha value is -4.32. The van der Waals surface area contributed by atoms with E-state index in [1.165, 1.54) is 0 Å². The largest absolute Gasteiger partial charge is 0.295 e. The average molecular weight is 451 g/mol. The van der Waals surface area contributed by atoms with Gasteiger partial charge in [-0.25, -0.2) is 9.36 Å². The van der Waals surface area contributed by atoms with Crippen LogP contribution in [0.1, 0.15) is 39.6 Å². The van der Waals surface area contributed by atoms with E-state index in [9.17, 15) is 9.59 Å². The maximum absolute atomic E-state index is 13.8. The lowest BCUT2D eigenvalue weighted by Crippen LogP contribution is -2.25. The van der Waals surface area contributed by atoms with Crippen molar-refractivity contribution in [3.8, 4) is 11.4 Å². The summed E-state index contributed by atoms with van der Waals surface area (Å²) in [5, 5.41) is 6.45. The first kappa shape index (κ1) is 21.5. The number of para-hydroxylation sites is 2. The summed E-state index contributed by atoms with van der Waals surface area (Å²) in [6.07, 6.45) is 0. The molecule has 0 aliphatic carbocycles. The third-order valence-electron chi connectivity index (χ3n) is 6.22. The summed E-state index contributed by atoms with van der Waals surface area (Å²) in [7, 11) is 0. The summed E-state index contributed by atoms with van der Waals surface area (Å²) in [5.41, 5.74) is 5.72. The van der Waals surface area contributed by atoms with Crippen LogP contribution in [0.2, 0.25) is 0 Å². The molecule has 2 heterocycles. The minimum Gasteiger partial charge on any atom is -0.295 e. The number of aromatic nitrogens is 4. The van der Waals surface area contributed by atoms with Gasteiger partial charge in [0.15, 0.2) is 0 Å². The van der Waals surface area contributed by atoms with Crippen molar-refractivity contribution in [2.45, 2.75) is 26.7 Å². The minimum atomic E-state index is -0.526. The molecular weight excluding hydrogens is 424 g/mol. The van der Waals surface area contributed by atoms with Gasteiger partial charge in [0.2, 0.25) is 0 Å². The van der Waals surface area contributed by atoms with E-state index >= 15 is 0 Å². The molecule has 3 aromatic carbocycles. The lowest BCUT2D eigenvalue weighted by Gasteiger charge is -2.16. The van der Waals surface area contributed by atoms with Gasteiger partial charge in [-0.1, -0.05) is 66.2 Å². The van der Waals surface area contributed by atoms with E-state index in [0.717, 1.165) is 33.9 Å². The van der Waals surface area contributed by atoms with Gasteiger partial charge >= 0.3 is 0 Å². The second kappa shape index (κ2) is 8.56. The lowest BCUT2D eigenvalue weighted by atomic mass is 9.85. The predicted octanol–water partition coefficient (Wildman–Crippen LogP) is 4.75. The van der Waals surface area contributed by atoms with Crippen molar-refractivity contribution in [2.75, 3.05) is 0 Å². The summed E-state index contributed by atoms with van der Waals surface area (Å²) in [6.45, 7) is 5.78. The van der Waals surface area contributed by atoms with Crippen molar-refractivity contribution >= 4 is 0 Å². The van der Waals surface area contributed by atoms with Crippen LogP contribution in [0.15, 0.2) is 94.5 Å². The van der Waals surface area contributed by atoms with Gasteiger partial charge in [0.25, 0.3) is 11.1 Å². The van der Waals surface area contributed by atoms with E-state index < -0.39 is 5.92 Å². The Morgan fingerprint density at radius 2 is 1.09 bits per heavy atom. The van der Waals surface area contributed by atoms with Crippen molar-refractivity contribution in [2.24, 2.45) is 0 Å². The summed E-state index contributed by atoms with van der Waals surface area (Å²) in [5.74, 6) is -0.526. The van der Waals surface area contributed by atoms with E-state index in [1.807, 2.05) is 106 Å². The van der Waals surface area contributed by atoms with Crippen LogP contribution < -0.4 is 11.1 Å². The number of hydrogen-bond donors (Lipinski definition) is 2. The average Bonchev–Trinajstić information content (AvgIpc) is 3.31. The molecule has 0 saturated carbocycles. The topological polar surface area (TPSA) is 75.6 Å². The number of benzene rings is 3. The number of nitrogens with one attached hydrogen (secondary N) is 2. The highest BCUT2D eigenvalue weighted by molar-refractivity contribution is 5.48. The van der Waals surface area contributed by atoms with Crippen LogP contribution in [0.3, 0.4) is 0 Å². The van der Waals surface area contributed by atoms with Crippen molar-refractivity contribution in [3.05, 3.63) is 139 Å². The van der Waals surface area contributed by atoms with E-state index in [2.05, 4.69) is 10.2 Å². The van der Waals surface area contributed by atoms with Crippen molar-refractivity contribution in [1.29, 1.82) is 0 Å². The Morgan fingerprint density at radius 1 is 0.618 bits per heavy atom. The smallest absolute Gasteiger partial charge is 0.275 e. The molecule has 0 amide bonds. The molecule has 2 aromatic heterocycles. The van der Waals surface area contributed by atoms with E-state index in [-0.39, 0.29) is 11.1 Å². The molecule has 0 bridgehead atoms. The molecule has 0 aliphatic heterocycles. The summed E-state index contributed by atoms with van der Waals surface area (Å²) in [4.78, 5) is 27.6. The van der Waals surface area contributed by atoms with Crippen molar-refractivity contribution in [3.63, 3.8) is 0 Å². The number of rotatable bonds is 5. The monoisotopic (exact) mass is 450 g/mol. The first-order chi connectivity index (χ1) is 16.5. The summed E-state index contributed by atoms with van der Waals surface area (Å²) in [6, 6.07) is 26.9. The standard InChI is InChI=1S/C28H26N4O2/c1-18-11-10-12-21(17-18)26(24-19(2)29-31(27(24)33)22-13-6-4-7-14-22)25-20(3)30-32(28(25)34)23-15-8-5-9-16-23/h4-17,26,29-30H,1-3H3. The SMILES string of the molecule is Cc1cccc(C(c2c(C)[nH]n(-c3ccccc3)c2=O)c2c(C)[nH]n(-c3ccccc3)c2=O)c1. The van der Waals surface area contributed by atoms with E-state index in [1.54, 1.807) is 9.36 Å². The van der Waals surface area contributed by atoms with Gasteiger partial charge in [-0.3, -0.25) is 19.8 Å². The number of hydrogen-bond acceptors (Lipinski definition) is 2. The Labute approximate surface area is 197 Å². The van der Waals surface area contributed by atoms with Crippen molar-refractivity contribution in [1.82, 2.24) is 19.6 Å². The molecule has 0 unspecified atom stereocenters. The number of aromatic amines is 2. The first-order valence-electron chi connectivity index (χ1n) is 11.3. The zero-order valence-corrected chi connectivity index (χ0v) is 19.4.